The summed E-state index contributed by atoms with van der Waals surface area (Å²) in [6.45, 7) is 3.01. The van der Waals surface area contributed by atoms with Gasteiger partial charge in [0.15, 0.2) is 11.5 Å². The van der Waals surface area contributed by atoms with E-state index in [0.29, 0.717) is 15.7 Å². The summed E-state index contributed by atoms with van der Waals surface area (Å²) in [5.74, 6) is 1.22. The minimum atomic E-state index is -0.333. The van der Waals surface area contributed by atoms with Crippen LogP contribution in [0.3, 0.4) is 0 Å². The average molecular weight is 508 g/mol. The molecule has 1 fully saturated rings. The molecule has 35 heavy (non-hydrogen) atoms. The maximum atomic E-state index is 13.0. The zero-order valence-electron chi connectivity index (χ0n) is 19.0. The molecule has 0 bridgehead atoms. The third kappa shape index (κ3) is 4.83. The van der Waals surface area contributed by atoms with Crippen molar-refractivity contribution in [1.29, 1.82) is 0 Å². The Morgan fingerprint density at radius 3 is 2.31 bits per heavy atom. The Bertz CT molecular complexity index is 1390. The maximum absolute atomic E-state index is 13.0. The molecule has 4 aromatic rings. The van der Waals surface area contributed by atoms with Crippen molar-refractivity contribution >= 4 is 57.1 Å². The summed E-state index contributed by atoms with van der Waals surface area (Å²) in [7, 11) is 1.66. The van der Waals surface area contributed by atoms with Crippen LogP contribution in [-0.4, -0.2) is 49.4 Å². The number of fused-ring (bicyclic) bond motifs is 1. The van der Waals surface area contributed by atoms with Crippen molar-refractivity contribution in [1.82, 2.24) is 10.2 Å². The minimum Gasteiger partial charge on any atom is -0.495 e. The molecule has 1 N–H and O–H groups in total. The number of amides is 1. The van der Waals surface area contributed by atoms with E-state index >= 15 is 0 Å². The molecule has 1 aromatic heterocycles. The summed E-state index contributed by atoms with van der Waals surface area (Å²) in [6, 6.07) is 20.4. The molecule has 7 nitrogen and oxygen atoms in total. The van der Waals surface area contributed by atoms with Crippen molar-refractivity contribution in [3.8, 4) is 5.75 Å². The second-order valence-electron chi connectivity index (χ2n) is 8.17. The molecule has 1 aliphatic rings. The number of nitrogens with one attached hydrogen (secondary N) is 1. The van der Waals surface area contributed by atoms with Gasteiger partial charge in [0.05, 0.1) is 12.8 Å². The van der Waals surface area contributed by atoms with Gasteiger partial charge >= 0.3 is 0 Å². The van der Waals surface area contributed by atoms with Gasteiger partial charge in [-0.2, -0.15) is 0 Å². The summed E-state index contributed by atoms with van der Waals surface area (Å²) < 4.78 is 5.53. The number of anilines is 3. The Morgan fingerprint density at radius 2 is 1.57 bits per heavy atom. The van der Waals surface area contributed by atoms with Crippen LogP contribution in [0.1, 0.15) is 10.5 Å². The van der Waals surface area contributed by atoms with Gasteiger partial charge in [-0.05, 0) is 36.4 Å². The molecule has 0 atom stereocenters. The number of methoxy groups -OCH3 is 1. The first-order valence-corrected chi connectivity index (χ1v) is 11.9. The van der Waals surface area contributed by atoms with Crippen LogP contribution >= 0.6 is 23.2 Å². The number of benzene rings is 3. The van der Waals surface area contributed by atoms with Crippen molar-refractivity contribution in [2.75, 3.05) is 48.4 Å². The highest BCUT2D eigenvalue weighted by atomic mass is 35.5. The Kier molecular flexibility index (Phi) is 6.61. The van der Waals surface area contributed by atoms with Gasteiger partial charge in [0.2, 0.25) is 0 Å². The standard InChI is InChI=1S/C26H23Cl2N5O2/c1-35-23-10-9-18(28)16-22(23)32-11-13-33(14-12-32)25-21-8-3-2-7-20(21)24(30-31-25)26(34)29-19-6-4-5-17(27)15-19/h2-10,15-16H,11-14H2,1H3,(H,29,34). The van der Waals surface area contributed by atoms with E-state index in [4.69, 9.17) is 27.9 Å². The number of piperazine rings is 1. The molecule has 9 heteroatoms. The van der Waals surface area contributed by atoms with Crippen molar-refractivity contribution in [2.24, 2.45) is 0 Å². The molecule has 1 aliphatic heterocycles. The van der Waals surface area contributed by atoms with E-state index in [0.717, 1.165) is 54.2 Å². The quantitative estimate of drug-likeness (QED) is 0.383. The zero-order chi connectivity index (χ0) is 24.4. The van der Waals surface area contributed by atoms with Gasteiger partial charge in [-0.3, -0.25) is 4.79 Å². The van der Waals surface area contributed by atoms with E-state index in [-0.39, 0.29) is 11.6 Å². The predicted molar refractivity (Wildman–Crippen MR) is 141 cm³/mol. The van der Waals surface area contributed by atoms with E-state index in [1.165, 1.54) is 0 Å². The van der Waals surface area contributed by atoms with E-state index in [1.807, 2.05) is 42.5 Å². The Hall–Kier alpha value is -3.55. The van der Waals surface area contributed by atoms with Gasteiger partial charge < -0.3 is 19.9 Å². The van der Waals surface area contributed by atoms with E-state index < -0.39 is 0 Å². The predicted octanol–water partition coefficient (Wildman–Crippen LogP) is 5.52. The lowest BCUT2D eigenvalue weighted by atomic mass is 10.1. The van der Waals surface area contributed by atoms with E-state index in [1.54, 1.807) is 31.4 Å². The third-order valence-corrected chi connectivity index (χ3v) is 6.50. The van der Waals surface area contributed by atoms with Gasteiger partial charge in [0.1, 0.15) is 5.75 Å². The number of aromatic nitrogens is 2. The molecular formula is C26H23Cl2N5O2. The van der Waals surface area contributed by atoms with E-state index in [9.17, 15) is 4.79 Å². The molecule has 2 heterocycles. The lowest BCUT2D eigenvalue weighted by molar-refractivity contribution is 0.102. The smallest absolute Gasteiger partial charge is 0.276 e. The second-order valence-corrected chi connectivity index (χ2v) is 9.05. The number of carbonyl (C=O) groups excluding carboxylic acids is 1. The molecule has 178 valence electrons. The zero-order valence-corrected chi connectivity index (χ0v) is 20.6. The first-order valence-electron chi connectivity index (χ1n) is 11.2. The number of hydrogen-bond donors (Lipinski definition) is 1. The van der Waals surface area contributed by atoms with Crippen LogP contribution in [0.5, 0.6) is 5.75 Å². The highest BCUT2D eigenvalue weighted by Gasteiger charge is 2.24. The monoisotopic (exact) mass is 507 g/mol. The normalized spacial score (nSPS) is 13.7. The van der Waals surface area contributed by atoms with Crippen LogP contribution in [0, 0.1) is 0 Å². The van der Waals surface area contributed by atoms with Crippen LogP contribution in [0.4, 0.5) is 17.2 Å². The SMILES string of the molecule is COc1ccc(Cl)cc1N1CCN(c2nnc(C(=O)Nc3cccc(Cl)c3)c3ccccc23)CC1. The Balaban J connectivity index is 1.39. The lowest BCUT2D eigenvalue weighted by Crippen LogP contribution is -2.47. The van der Waals surface area contributed by atoms with E-state index in [2.05, 4.69) is 25.3 Å². The number of ether oxygens (including phenoxy) is 1. The minimum absolute atomic E-state index is 0.270. The fraction of sp³-hybridized carbons (Fsp3) is 0.192. The largest absolute Gasteiger partial charge is 0.495 e. The molecule has 0 radical (unpaired) electrons. The molecule has 0 spiro atoms. The summed E-state index contributed by atoms with van der Waals surface area (Å²) in [4.78, 5) is 17.5. The topological polar surface area (TPSA) is 70.6 Å². The molecule has 0 saturated carbocycles. The molecule has 0 aliphatic carbocycles. The fourth-order valence-corrected chi connectivity index (χ4v) is 4.67. The number of hydrogen-bond acceptors (Lipinski definition) is 6. The van der Waals surface area contributed by atoms with Crippen LogP contribution in [-0.2, 0) is 0 Å². The van der Waals surface area contributed by atoms with Crippen LogP contribution in [0.25, 0.3) is 10.8 Å². The van der Waals surface area contributed by atoms with Crippen molar-refractivity contribution in [2.45, 2.75) is 0 Å². The average Bonchev–Trinajstić information content (AvgIpc) is 2.88. The van der Waals surface area contributed by atoms with Gasteiger partial charge in [0.25, 0.3) is 5.91 Å². The third-order valence-electron chi connectivity index (χ3n) is 6.03. The van der Waals surface area contributed by atoms with Gasteiger partial charge in [-0.15, -0.1) is 10.2 Å². The van der Waals surface area contributed by atoms with Gasteiger partial charge in [-0.1, -0.05) is 53.5 Å². The first-order chi connectivity index (χ1) is 17.0. The van der Waals surface area contributed by atoms with Gasteiger partial charge in [0, 0.05) is 52.7 Å². The Labute approximate surface area is 213 Å². The summed E-state index contributed by atoms with van der Waals surface area (Å²) >= 11 is 12.3. The fourth-order valence-electron chi connectivity index (χ4n) is 4.32. The molecule has 0 unspecified atom stereocenters. The van der Waals surface area contributed by atoms with Crippen LogP contribution < -0.4 is 19.9 Å². The highest BCUT2D eigenvalue weighted by molar-refractivity contribution is 6.31. The highest BCUT2D eigenvalue weighted by Crippen LogP contribution is 2.33. The summed E-state index contributed by atoms with van der Waals surface area (Å²) in [6.07, 6.45) is 0. The van der Waals surface area contributed by atoms with Crippen molar-refractivity contribution < 1.29 is 9.53 Å². The maximum Gasteiger partial charge on any atom is 0.276 e. The molecule has 1 amide bonds. The second kappa shape index (κ2) is 9.98. The summed E-state index contributed by atoms with van der Waals surface area (Å²) in [5, 5.41) is 14.5. The van der Waals surface area contributed by atoms with Crippen LogP contribution in [0.15, 0.2) is 66.7 Å². The molecule has 5 rings (SSSR count). The Morgan fingerprint density at radius 1 is 0.857 bits per heavy atom. The number of carbonyl (C=O) groups is 1. The molecule has 1 saturated heterocycles. The van der Waals surface area contributed by atoms with Crippen LogP contribution in [0.2, 0.25) is 10.0 Å². The van der Waals surface area contributed by atoms with Crippen molar-refractivity contribution in [3.63, 3.8) is 0 Å². The number of nitrogens with zero attached hydrogens (tertiary/aromatic N) is 4. The summed E-state index contributed by atoms with van der Waals surface area (Å²) in [5.41, 5.74) is 1.85. The number of halogens is 2. The lowest BCUT2D eigenvalue weighted by Gasteiger charge is -2.37. The number of rotatable bonds is 5. The molecule has 3 aromatic carbocycles. The molecular weight excluding hydrogens is 485 g/mol. The van der Waals surface area contributed by atoms with Gasteiger partial charge in [-0.25, -0.2) is 0 Å². The van der Waals surface area contributed by atoms with Crippen molar-refractivity contribution in [3.05, 3.63) is 82.5 Å². The first kappa shape index (κ1) is 23.2.